The van der Waals surface area contributed by atoms with E-state index in [0.717, 1.165) is 22.8 Å². The third-order valence-electron chi connectivity index (χ3n) is 2.41. The van der Waals surface area contributed by atoms with Gasteiger partial charge in [0.1, 0.15) is 5.75 Å². The molecular weight excluding hydrogens is 320 g/mol. The summed E-state index contributed by atoms with van der Waals surface area (Å²) in [6.45, 7) is 2.26. The van der Waals surface area contributed by atoms with Crippen LogP contribution < -0.4 is 4.74 Å². The first-order chi connectivity index (χ1) is 7.13. The Morgan fingerprint density at radius 3 is 2.47 bits per heavy atom. The Labute approximate surface area is 108 Å². The second-order valence-electron chi connectivity index (χ2n) is 4.11. The molecule has 1 aromatic carbocycles. The molecule has 0 heterocycles. The van der Waals surface area contributed by atoms with Crippen molar-refractivity contribution in [1.29, 1.82) is 0 Å². The van der Waals surface area contributed by atoms with Gasteiger partial charge in [0.2, 0.25) is 0 Å². The highest BCUT2D eigenvalue weighted by Crippen LogP contribution is 2.28. The van der Waals surface area contributed by atoms with E-state index in [1.807, 2.05) is 12.1 Å². The molecule has 0 aromatic heterocycles. The molecule has 0 aliphatic rings. The molecule has 0 bridgehead atoms. The Kier molecular flexibility index (Phi) is 5.13. The van der Waals surface area contributed by atoms with Gasteiger partial charge < -0.3 is 4.74 Å². The van der Waals surface area contributed by atoms with Crippen LogP contribution in [0.25, 0.3) is 0 Å². The standard InChI is InChI=1S/C12H16Br2O/c1-12(8-13,9-14)7-10-4-3-5-11(6-10)15-2/h3-6H,7-9H2,1-2H3. The van der Waals surface area contributed by atoms with E-state index in [1.54, 1.807) is 7.11 Å². The van der Waals surface area contributed by atoms with E-state index < -0.39 is 0 Å². The van der Waals surface area contributed by atoms with Crippen LogP contribution in [0, 0.1) is 5.41 Å². The largest absolute Gasteiger partial charge is 0.497 e. The molecule has 15 heavy (non-hydrogen) atoms. The highest BCUT2D eigenvalue weighted by atomic mass is 79.9. The SMILES string of the molecule is COc1cccc(CC(C)(CBr)CBr)c1. The van der Waals surface area contributed by atoms with E-state index in [2.05, 4.69) is 50.9 Å². The number of hydrogen-bond donors (Lipinski definition) is 0. The molecule has 0 saturated carbocycles. The van der Waals surface area contributed by atoms with Crippen molar-refractivity contribution in [2.24, 2.45) is 5.41 Å². The summed E-state index contributed by atoms with van der Waals surface area (Å²) in [6, 6.07) is 8.26. The van der Waals surface area contributed by atoms with Crippen molar-refractivity contribution in [1.82, 2.24) is 0 Å². The maximum atomic E-state index is 5.21. The smallest absolute Gasteiger partial charge is 0.119 e. The first-order valence-corrected chi connectivity index (χ1v) is 7.13. The topological polar surface area (TPSA) is 9.23 Å². The van der Waals surface area contributed by atoms with Crippen molar-refractivity contribution in [3.8, 4) is 5.75 Å². The van der Waals surface area contributed by atoms with E-state index in [-0.39, 0.29) is 5.41 Å². The lowest BCUT2D eigenvalue weighted by Crippen LogP contribution is -2.23. The number of ether oxygens (including phenoxy) is 1. The molecule has 3 heteroatoms. The van der Waals surface area contributed by atoms with Gasteiger partial charge in [-0.05, 0) is 29.5 Å². The Hall–Kier alpha value is -0.0200. The Morgan fingerprint density at radius 1 is 1.27 bits per heavy atom. The van der Waals surface area contributed by atoms with Gasteiger partial charge in [-0.25, -0.2) is 0 Å². The number of benzene rings is 1. The summed E-state index contributed by atoms with van der Waals surface area (Å²) < 4.78 is 5.21. The maximum absolute atomic E-state index is 5.21. The molecule has 1 rings (SSSR count). The summed E-state index contributed by atoms with van der Waals surface area (Å²) in [6.07, 6.45) is 1.04. The first-order valence-electron chi connectivity index (χ1n) is 4.88. The minimum Gasteiger partial charge on any atom is -0.497 e. The van der Waals surface area contributed by atoms with Crippen LogP contribution in [-0.4, -0.2) is 17.8 Å². The first kappa shape index (κ1) is 13.0. The predicted octanol–water partition coefficient (Wildman–Crippen LogP) is 4.03. The van der Waals surface area contributed by atoms with Crippen molar-refractivity contribution in [3.05, 3.63) is 29.8 Å². The molecule has 0 aliphatic heterocycles. The fraction of sp³-hybridized carbons (Fsp3) is 0.500. The molecule has 0 saturated heterocycles. The van der Waals surface area contributed by atoms with Gasteiger partial charge in [0.25, 0.3) is 0 Å². The normalized spacial score (nSPS) is 11.5. The third-order valence-corrected chi connectivity index (χ3v) is 5.12. The van der Waals surface area contributed by atoms with Crippen LogP contribution in [0.2, 0.25) is 0 Å². The minimum absolute atomic E-state index is 0.256. The van der Waals surface area contributed by atoms with Crippen LogP contribution >= 0.6 is 31.9 Å². The van der Waals surface area contributed by atoms with E-state index >= 15 is 0 Å². The molecule has 0 N–H and O–H groups in total. The lowest BCUT2D eigenvalue weighted by molar-refractivity contribution is 0.410. The van der Waals surface area contributed by atoms with Crippen molar-refractivity contribution >= 4 is 31.9 Å². The van der Waals surface area contributed by atoms with E-state index in [1.165, 1.54) is 5.56 Å². The van der Waals surface area contributed by atoms with E-state index in [9.17, 15) is 0 Å². The van der Waals surface area contributed by atoms with Crippen molar-refractivity contribution in [3.63, 3.8) is 0 Å². The second kappa shape index (κ2) is 5.90. The van der Waals surface area contributed by atoms with Crippen molar-refractivity contribution in [2.45, 2.75) is 13.3 Å². The molecule has 0 amide bonds. The van der Waals surface area contributed by atoms with Gasteiger partial charge in [-0.2, -0.15) is 0 Å². The maximum Gasteiger partial charge on any atom is 0.119 e. The fourth-order valence-corrected chi connectivity index (χ4v) is 2.73. The predicted molar refractivity (Wildman–Crippen MR) is 72.4 cm³/mol. The molecule has 1 nitrogen and oxygen atoms in total. The highest BCUT2D eigenvalue weighted by Gasteiger charge is 2.21. The van der Waals surface area contributed by atoms with Crippen LogP contribution in [0.1, 0.15) is 12.5 Å². The van der Waals surface area contributed by atoms with Gasteiger partial charge in [-0.1, -0.05) is 50.9 Å². The van der Waals surface area contributed by atoms with Crippen molar-refractivity contribution < 1.29 is 4.74 Å². The lowest BCUT2D eigenvalue weighted by atomic mass is 9.88. The minimum atomic E-state index is 0.256. The van der Waals surface area contributed by atoms with E-state index in [0.29, 0.717) is 0 Å². The molecule has 0 spiro atoms. The number of alkyl halides is 2. The Bertz CT molecular complexity index is 308. The number of hydrogen-bond acceptors (Lipinski definition) is 1. The van der Waals surface area contributed by atoms with Crippen molar-refractivity contribution in [2.75, 3.05) is 17.8 Å². The van der Waals surface area contributed by atoms with Gasteiger partial charge in [0.05, 0.1) is 7.11 Å². The zero-order valence-electron chi connectivity index (χ0n) is 9.09. The van der Waals surface area contributed by atoms with Crippen LogP contribution in [-0.2, 0) is 6.42 Å². The van der Waals surface area contributed by atoms with Gasteiger partial charge in [0.15, 0.2) is 0 Å². The molecule has 84 valence electrons. The summed E-state index contributed by atoms with van der Waals surface area (Å²) in [7, 11) is 1.70. The van der Waals surface area contributed by atoms with Crippen LogP contribution in [0.5, 0.6) is 5.75 Å². The Morgan fingerprint density at radius 2 is 1.93 bits per heavy atom. The zero-order valence-corrected chi connectivity index (χ0v) is 12.3. The monoisotopic (exact) mass is 334 g/mol. The number of halogens is 2. The Balaban J connectivity index is 2.79. The summed E-state index contributed by atoms with van der Waals surface area (Å²) in [5.74, 6) is 0.930. The van der Waals surface area contributed by atoms with Gasteiger partial charge in [-0.3, -0.25) is 0 Å². The van der Waals surface area contributed by atoms with Gasteiger partial charge in [-0.15, -0.1) is 0 Å². The average Bonchev–Trinajstić information content (AvgIpc) is 2.29. The summed E-state index contributed by atoms with van der Waals surface area (Å²) in [5, 5.41) is 1.98. The zero-order chi connectivity index (χ0) is 11.3. The van der Waals surface area contributed by atoms with E-state index in [4.69, 9.17) is 4.74 Å². The molecule has 0 aliphatic carbocycles. The number of rotatable bonds is 5. The molecule has 1 aromatic rings. The van der Waals surface area contributed by atoms with Gasteiger partial charge in [0, 0.05) is 10.7 Å². The molecule has 0 atom stereocenters. The second-order valence-corrected chi connectivity index (χ2v) is 5.23. The molecule has 0 unspecified atom stereocenters. The van der Waals surface area contributed by atoms with Crippen LogP contribution in [0.15, 0.2) is 24.3 Å². The van der Waals surface area contributed by atoms with Crippen LogP contribution in [0.3, 0.4) is 0 Å². The molecule has 0 radical (unpaired) electrons. The van der Waals surface area contributed by atoms with Gasteiger partial charge >= 0.3 is 0 Å². The summed E-state index contributed by atoms with van der Waals surface area (Å²) in [5.41, 5.74) is 1.57. The molecular formula is C12H16Br2O. The average molecular weight is 336 g/mol. The van der Waals surface area contributed by atoms with Crippen LogP contribution in [0.4, 0.5) is 0 Å². The summed E-state index contributed by atoms with van der Waals surface area (Å²) >= 11 is 7.13. The fourth-order valence-electron chi connectivity index (χ4n) is 1.41. The number of methoxy groups -OCH3 is 1. The third kappa shape index (κ3) is 3.80. The molecule has 0 fully saturated rings. The quantitative estimate of drug-likeness (QED) is 0.738. The summed E-state index contributed by atoms with van der Waals surface area (Å²) in [4.78, 5) is 0. The lowest BCUT2D eigenvalue weighted by Gasteiger charge is -2.24. The highest BCUT2D eigenvalue weighted by molar-refractivity contribution is 9.09.